The Morgan fingerprint density at radius 1 is 1.07 bits per heavy atom. The van der Waals surface area contributed by atoms with Crippen molar-refractivity contribution in [2.24, 2.45) is 0 Å². The van der Waals surface area contributed by atoms with E-state index in [2.05, 4.69) is 9.88 Å². The lowest BCUT2D eigenvalue weighted by Crippen LogP contribution is -2.42. The van der Waals surface area contributed by atoms with Gasteiger partial charge in [0.05, 0.1) is 22.9 Å². The van der Waals surface area contributed by atoms with Crippen LogP contribution in [0.15, 0.2) is 65.5 Å². The Bertz CT molecular complexity index is 1580. The summed E-state index contributed by atoms with van der Waals surface area (Å²) in [7, 11) is 0. The smallest absolute Gasteiger partial charge is 0.328 e. The van der Waals surface area contributed by atoms with E-state index < -0.39 is 23.9 Å². The van der Waals surface area contributed by atoms with Gasteiger partial charge in [0.15, 0.2) is 0 Å². The lowest BCUT2D eigenvalue weighted by molar-refractivity contribution is -0.139. The third kappa shape index (κ3) is 5.75. The number of phenols is 1. The molecule has 10 nitrogen and oxygen atoms in total. The van der Waals surface area contributed by atoms with Crippen LogP contribution in [0.1, 0.15) is 59.6 Å². The van der Waals surface area contributed by atoms with Crippen LogP contribution in [-0.2, 0) is 16.0 Å². The summed E-state index contributed by atoms with van der Waals surface area (Å²) < 4.78 is 7.53. The van der Waals surface area contributed by atoms with Crippen molar-refractivity contribution in [2.75, 3.05) is 0 Å². The number of carboxylic acids is 2. The molecular formula is C30H29N3O7. The van der Waals surface area contributed by atoms with Gasteiger partial charge < -0.3 is 29.6 Å². The molecule has 1 fully saturated rings. The van der Waals surface area contributed by atoms with E-state index in [0.717, 1.165) is 48.7 Å². The Hall–Kier alpha value is -4.86. The Kier molecular flexibility index (Phi) is 7.68. The first-order valence-corrected chi connectivity index (χ1v) is 13.1. The molecule has 0 spiro atoms. The first kappa shape index (κ1) is 26.7. The molecule has 40 heavy (non-hydrogen) atoms. The van der Waals surface area contributed by atoms with Crippen LogP contribution < -0.4 is 5.32 Å². The van der Waals surface area contributed by atoms with Gasteiger partial charge in [0.25, 0.3) is 5.91 Å². The van der Waals surface area contributed by atoms with Crippen molar-refractivity contribution >= 4 is 35.0 Å². The van der Waals surface area contributed by atoms with E-state index >= 15 is 0 Å². The molecule has 1 amide bonds. The highest BCUT2D eigenvalue weighted by molar-refractivity contribution is 5.99. The number of aromatic nitrogens is 2. The van der Waals surface area contributed by atoms with Crippen molar-refractivity contribution in [1.82, 2.24) is 14.9 Å². The van der Waals surface area contributed by atoms with Gasteiger partial charge in [0.2, 0.25) is 0 Å². The predicted molar refractivity (Wildman–Crippen MR) is 147 cm³/mol. The number of carbonyl (C=O) groups excluding carboxylic acids is 1. The zero-order valence-corrected chi connectivity index (χ0v) is 21.6. The van der Waals surface area contributed by atoms with Gasteiger partial charge in [-0.05, 0) is 60.9 Å². The van der Waals surface area contributed by atoms with Crippen LogP contribution in [0.3, 0.4) is 0 Å². The average Bonchev–Trinajstić information content (AvgIpc) is 3.61. The highest BCUT2D eigenvalue weighted by atomic mass is 16.4. The minimum absolute atomic E-state index is 0.0710. The standard InChI is InChI=1S/C30H29N3O7/c34-26-10-6-18(14-19(26)8-11-27(35)36)15-24(30(38)39)32-29(37)20-7-9-25-23(16-20)31-28(21-12-13-40-17-21)33(25)22-4-2-1-3-5-22/h6-14,16-17,22,24,34H,1-5,15H2,(H,32,37)(H,35,36)(H,38,39). The fourth-order valence-corrected chi connectivity index (χ4v) is 5.25. The van der Waals surface area contributed by atoms with Gasteiger partial charge in [-0.3, -0.25) is 4.79 Å². The van der Waals surface area contributed by atoms with E-state index in [1.54, 1.807) is 24.7 Å². The van der Waals surface area contributed by atoms with Gasteiger partial charge in [-0.1, -0.05) is 25.3 Å². The summed E-state index contributed by atoms with van der Waals surface area (Å²) in [5.41, 5.74) is 3.40. The summed E-state index contributed by atoms with van der Waals surface area (Å²) in [6, 6.07) is 10.4. The number of aromatic hydroxyl groups is 1. The number of rotatable bonds is 9. The number of nitrogens with zero attached hydrogens (tertiary/aromatic N) is 2. The van der Waals surface area contributed by atoms with E-state index in [0.29, 0.717) is 17.1 Å². The van der Waals surface area contributed by atoms with Crippen molar-refractivity contribution in [1.29, 1.82) is 0 Å². The zero-order chi connectivity index (χ0) is 28.2. The molecular weight excluding hydrogens is 514 g/mol. The highest BCUT2D eigenvalue weighted by Crippen LogP contribution is 2.36. The van der Waals surface area contributed by atoms with Crippen molar-refractivity contribution in [3.63, 3.8) is 0 Å². The number of aliphatic carboxylic acids is 2. The maximum atomic E-state index is 13.2. The zero-order valence-electron chi connectivity index (χ0n) is 21.6. The SMILES string of the molecule is O=C(O)C=Cc1cc(CC(NC(=O)c2ccc3c(c2)nc(-c2ccoc2)n3C2CCCCC2)C(=O)O)ccc1O. The van der Waals surface area contributed by atoms with E-state index in [1.165, 1.54) is 30.7 Å². The number of nitrogens with one attached hydrogen (secondary N) is 1. The fourth-order valence-electron chi connectivity index (χ4n) is 5.25. The second-order valence-corrected chi connectivity index (χ2v) is 9.95. The lowest BCUT2D eigenvalue weighted by Gasteiger charge is -2.25. The van der Waals surface area contributed by atoms with Crippen LogP contribution in [0.2, 0.25) is 0 Å². The number of amides is 1. The van der Waals surface area contributed by atoms with Gasteiger partial charge in [-0.15, -0.1) is 0 Å². The van der Waals surface area contributed by atoms with Crippen molar-refractivity contribution in [3.05, 3.63) is 77.8 Å². The summed E-state index contributed by atoms with van der Waals surface area (Å²) >= 11 is 0. The Balaban J connectivity index is 1.40. The van der Waals surface area contributed by atoms with Crippen molar-refractivity contribution in [3.8, 4) is 17.1 Å². The second kappa shape index (κ2) is 11.5. The number of hydrogen-bond donors (Lipinski definition) is 4. The van der Waals surface area contributed by atoms with Crippen LogP contribution in [0, 0.1) is 0 Å². The molecule has 4 N–H and O–H groups in total. The summed E-state index contributed by atoms with van der Waals surface area (Å²) in [5, 5.41) is 31.2. The highest BCUT2D eigenvalue weighted by Gasteiger charge is 2.25. The first-order chi connectivity index (χ1) is 19.3. The van der Waals surface area contributed by atoms with Crippen LogP contribution >= 0.6 is 0 Å². The summed E-state index contributed by atoms with van der Waals surface area (Å²) in [4.78, 5) is 40.9. The van der Waals surface area contributed by atoms with Crippen LogP contribution in [-0.4, -0.2) is 48.8 Å². The molecule has 0 aliphatic heterocycles. The molecule has 1 atom stereocenters. The maximum Gasteiger partial charge on any atom is 0.328 e. The molecule has 0 bridgehead atoms. The number of fused-ring (bicyclic) bond motifs is 1. The van der Waals surface area contributed by atoms with Gasteiger partial charge in [-0.25, -0.2) is 14.6 Å². The molecule has 5 rings (SSSR count). The number of benzene rings is 2. The van der Waals surface area contributed by atoms with E-state index in [9.17, 15) is 24.6 Å². The third-order valence-corrected chi connectivity index (χ3v) is 7.21. The molecule has 1 aliphatic carbocycles. The molecule has 2 heterocycles. The topological polar surface area (TPSA) is 155 Å². The van der Waals surface area contributed by atoms with Gasteiger partial charge >= 0.3 is 11.9 Å². The van der Waals surface area contributed by atoms with E-state index in [4.69, 9.17) is 14.5 Å². The Morgan fingerprint density at radius 2 is 1.88 bits per heavy atom. The van der Waals surface area contributed by atoms with Gasteiger partial charge in [-0.2, -0.15) is 0 Å². The minimum atomic E-state index is -1.26. The fraction of sp³-hybridized carbons (Fsp3) is 0.267. The Morgan fingerprint density at radius 3 is 2.58 bits per heavy atom. The average molecular weight is 544 g/mol. The molecule has 10 heteroatoms. The minimum Gasteiger partial charge on any atom is -0.507 e. The number of phenolic OH excluding ortho intramolecular Hbond substituents is 1. The van der Waals surface area contributed by atoms with Crippen LogP contribution in [0.25, 0.3) is 28.5 Å². The van der Waals surface area contributed by atoms with E-state index in [-0.39, 0.29) is 23.3 Å². The normalized spacial score (nSPS) is 14.9. The maximum absolute atomic E-state index is 13.2. The quantitative estimate of drug-likeness (QED) is 0.214. The van der Waals surface area contributed by atoms with Crippen molar-refractivity contribution < 1.29 is 34.1 Å². The number of furan rings is 1. The number of hydrogen-bond acceptors (Lipinski definition) is 6. The third-order valence-electron chi connectivity index (χ3n) is 7.21. The van der Waals surface area contributed by atoms with Gasteiger partial charge in [0.1, 0.15) is 23.9 Å². The molecule has 2 aromatic carbocycles. The van der Waals surface area contributed by atoms with E-state index in [1.807, 2.05) is 12.1 Å². The summed E-state index contributed by atoms with van der Waals surface area (Å²) in [6.45, 7) is 0. The Labute approximate surface area is 229 Å². The van der Waals surface area contributed by atoms with Gasteiger partial charge in [0, 0.05) is 29.7 Å². The summed E-state index contributed by atoms with van der Waals surface area (Å²) in [6.07, 6.45) is 10.9. The van der Waals surface area contributed by atoms with Crippen LogP contribution in [0.5, 0.6) is 5.75 Å². The monoisotopic (exact) mass is 543 g/mol. The van der Waals surface area contributed by atoms with Crippen LogP contribution in [0.4, 0.5) is 0 Å². The lowest BCUT2D eigenvalue weighted by atomic mass is 9.95. The molecule has 1 unspecified atom stereocenters. The number of imidazole rings is 1. The largest absolute Gasteiger partial charge is 0.507 e. The molecule has 4 aromatic rings. The molecule has 1 saturated carbocycles. The van der Waals surface area contributed by atoms with Crippen molar-refractivity contribution in [2.45, 2.75) is 50.6 Å². The first-order valence-electron chi connectivity index (χ1n) is 13.1. The molecule has 0 radical (unpaired) electrons. The number of carbonyl (C=O) groups is 3. The molecule has 1 aliphatic rings. The molecule has 2 aromatic heterocycles. The molecule has 206 valence electrons. The second-order valence-electron chi connectivity index (χ2n) is 9.95. The summed E-state index contributed by atoms with van der Waals surface area (Å²) in [5.74, 6) is -2.34. The number of carboxylic acid groups (broad SMARTS) is 2. The predicted octanol–water partition coefficient (Wildman–Crippen LogP) is 5.03. The molecule has 0 saturated heterocycles.